The van der Waals surface area contributed by atoms with Gasteiger partial charge in [0.25, 0.3) is 0 Å². The van der Waals surface area contributed by atoms with Gasteiger partial charge in [0, 0.05) is 24.1 Å². The second-order valence-corrected chi connectivity index (χ2v) is 5.66. The Bertz CT molecular complexity index is 855. The molecule has 6 heteroatoms. The van der Waals surface area contributed by atoms with Crippen LogP contribution in [0.3, 0.4) is 0 Å². The highest BCUT2D eigenvalue weighted by atomic mass is 16.6. The number of hydrogen-bond donors (Lipinski definition) is 0. The molecule has 0 saturated carbocycles. The second kappa shape index (κ2) is 7.39. The molecule has 1 atom stereocenters. The molecule has 0 N–H and O–H groups in total. The zero-order valence-electron chi connectivity index (χ0n) is 15.1. The molecule has 0 radical (unpaired) electrons. The van der Waals surface area contributed by atoms with Gasteiger partial charge in [-0.25, -0.2) is 0 Å². The van der Waals surface area contributed by atoms with Crippen LogP contribution in [-0.4, -0.2) is 27.3 Å². The summed E-state index contributed by atoms with van der Waals surface area (Å²) < 4.78 is 27.4. The lowest BCUT2D eigenvalue weighted by molar-refractivity contribution is -0.138. The second-order valence-electron chi connectivity index (χ2n) is 5.66. The van der Waals surface area contributed by atoms with Crippen molar-refractivity contribution in [1.82, 2.24) is 0 Å². The Morgan fingerprint density at radius 1 is 0.962 bits per heavy atom. The van der Waals surface area contributed by atoms with E-state index in [1.165, 1.54) is 6.92 Å². The predicted molar refractivity (Wildman–Crippen MR) is 95.7 cm³/mol. The molecule has 1 heterocycles. The lowest BCUT2D eigenvalue weighted by Gasteiger charge is -2.27. The molecule has 1 aliphatic rings. The van der Waals surface area contributed by atoms with Crippen LogP contribution in [0.5, 0.6) is 23.0 Å². The molecule has 1 aliphatic heterocycles. The van der Waals surface area contributed by atoms with Crippen molar-refractivity contribution in [1.29, 1.82) is 0 Å². The smallest absolute Gasteiger partial charge is 0.307 e. The van der Waals surface area contributed by atoms with Gasteiger partial charge in [0.1, 0.15) is 11.5 Å². The first-order valence-electron chi connectivity index (χ1n) is 8.02. The van der Waals surface area contributed by atoms with Crippen LogP contribution in [0.2, 0.25) is 0 Å². The first-order valence-corrected chi connectivity index (χ1v) is 8.02. The van der Waals surface area contributed by atoms with Gasteiger partial charge in [-0.2, -0.15) is 0 Å². The lowest BCUT2D eigenvalue weighted by atomic mass is 10.0. The van der Waals surface area contributed by atoms with E-state index in [9.17, 15) is 4.79 Å². The minimum Gasteiger partial charge on any atom is -0.497 e. The van der Waals surface area contributed by atoms with E-state index >= 15 is 0 Å². The average Bonchev–Trinajstić information content (AvgIpc) is 2.66. The van der Waals surface area contributed by atoms with Crippen molar-refractivity contribution in [2.75, 3.05) is 21.3 Å². The van der Waals surface area contributed by atoms with E-state index < -0.39 is 12.1 Å². The third kappa shape index (κ3) is 3.44. The summed E-state index contributed by atoms with van der Waals surface area (Å²) in [5.74, 6) is 2.48. The van der Waals surface area contributed by atoms with Crippen molar-refractivity contribution in [3.8, 4) is 23.0 Å². The summed E-state index contributed by atoms with van der Waals surface area (Å²) in [5.41, 5.74) is 1.57. The highest BCUT2D eigenvalue weighted by Gasteiger charge is 2.28. The third-order valence-electron chi connectivity index (χ3n) is 3.99. The maximum atomic E-state index is 11.5. The number of esters is 1. The molecule has 0 aliphatic carbocycles. The summed E-state index contributed by atoms with van der Waals surface area (Å²) in [6, 6.07) is 10.9. The van der Waals surface area contributed by atoms with Crippen molar-refractivity contribution in [2.45, 2.75) is 13.0 Å². The van der Waals surface area contributed by atoms with E-state index in [0.717, 1.165) is 11.1 Å². The highest BCUT2D eigenvalue weighted by molar-refractivity contribution is 5.71. The summed E-state index contributed by atoms with van der Waals surface area (Å²) in [6.45, 7) is 1.36. The van der Waals surface area contributed by atoms with Crippen LogP contribution < -0.4 is 18.9 Å². The van der Waals surface area contributed by atoms with E-state index in [0.29, 0.717) is 28.8 Å². The minimum absolute atomic E-state index is 0.405. The van der Waals surface area contributed by atoms with Crippen LogP contribution in [0.4, 0.5) is 0 Å². The number of rotatable bonds is 5. The van der Waals surface area contributed by atoms with Gasteiger partial charge in [-0.3, -0.25) is 4.79 Å². The summed E-state index contributed by atoms with van der Waals surface area (Å²) in [4.78, 5) is 11.5. The van der Waals surface area contributed by atoms with Gasteiger partial charge in [0.15, 0.2) is 23.4 Å². The topological polar surface area (TPSA) is 63.2 Å². The Hall–Kier alpha value is -3.15. The van der Waals surface area contributed by atoms with Gasteiger partial charge in [0.2, 0.25) is 0 Å². The van der Waals surface area contributed by atoms with Crippen LogP contribution >= 0.6 is 0 Å². The standard InChI is InChI=1S/C20H20O6/c1-12(21)25-19-9-13-5-7-15(22-2)11-17(13)26-20(19)14-6-8-16(23-3)18(10-14)24-4/h5-11,20H,1-4H3/t20-/m1/s1. The lowest BCUT2D eigenvalue weighted by Crippen LogP contribution is -2.18. The molecular weight excluding hydrogens is 336 g/mol. The van der Waals surface area contributed by atoms with Crippen molar-refractivity contribution < 1.29 is 28.5 Å². The van der Waals surface area contributed by atoms with Gasteiger partial charge in [-0.05, 0) is 30.3 Å². The predicted octanol–water partition coefficient (Wildman–Crippen LogP) is 3.75. The number of ether oxygens (including phenoxy) is 5. The SMILES string of the molecule is COc1ccc2c(c1)O[C@H](c1ccc(OC)c(OC)c1)C(OC(C)=O)=C2. The number of carbonyl (C=O) groups excluding carboxylic acids is 1. The maximum absolute atomic E-state index is 11.5. The van der Waals surface area contributed by atoms with E-state index in [1.54, 1.807) is 45.6 Å². The average molecular weight is 356 g/mol. The molecule has 0 unspecified atom stereocenters. The van der Waals surface area contributed by atoms with E-state index in [4.69, 9.17) is 23.7 Å². The largest absolute Gasteiger partial charge is 0.497 e. The monoisotopic (exact) mass is 356 g/mol. The van der Waals surface area contributed by atoms with E-state index in [-0.39, 0.29) is 0 Å². The number of methoxy groups -OCH3 is 3. The molecule has 3 rings (SSSR count). The fourth-order valence-corrected chi connectivity index (χ4v) is 2.77. The molecule has 2 aromatic rings. The molecule has 0 aromatic heterocycles. The summed E-state index contributed by atoms with van der Waals surface area (Å²) in [6.07, 6.45) is 1.19. The summed E-state index contributed by atoms with van der Waals surface area (Å²) in [7, 11) is 4.73. The van der Waals surface area contributed by atoms with Crippen LogP contribution in [0, 0.1) is 0 Å². The fourth-order valence-electron chi connectivity index (χ4n) is 2.77. The van der Waals surface area contributed by atoms with Gasteiger partial charge in [-0.1, -0.05) is 6.07 Å². The highest BCUT2D eigenvalue weighted by Crippen LogP contribution is 2.41. The molecule has 26 heavy (non-hydrogen) atoms. The quantitative estimate of drug-likeness (QED) is 0.761. The zero-order chi connectivity index (χ0) is 18.7. The van der Waals surface area contributed by atoms with Crippen LogP contribution in [0.25, 0.3) is 6.08 Å². The third-order valence-corrected chi connectivity index (χ3v) is 3.99. The van der Waals surface area contributed by atoms with Gasteiger partial charge < -0.3 is 23.7 Å². The van der Waals surface area contributed by atoms with Crippen molar-refractivity contribution in [3.05, 3.63) is 53.3 Å². The van der Waals surface area contributed by atoms with Crippen molar-refractivity contribution in [2.24, 2.45) is 0 Å². The Morgan fingerprint density at radius 2 is 1.73 bits per heavy atom. The van der Waals surface area contributed by atoms with E-state index in [2.05, 4.69) is 0 Å². The van der Waals surface area contributed by atoms with Crippen LogP contribution in [0.1, 0.15) is 24.2 Å². The maximum Gasteiger partial charge on any atom is 0.307 e. The summed E-state index contributed by atoms with van der Waals surface area (Å²) >= 11 is 0. The van der Waals surface area contributed by atoms with Gasteiger partial charge in [0.05, 0.1) is 21.3 Å². The molecular formula is C20H20O6. The van der Waals surface area contributed by atoms with Crippen LogP contribution in [-0.2, 0) is 9.53 Å². The molecule has 0 saturated heterocycles. The molecule has 0 bridgehead atoms. The minimum atomic E-state index is -0.599. The zero-order valence-corrected chi connectivity index (χ0v) is 15.1. The van der Waals surface area contributed by atoms with Crippen molar-refractivity contribution in [3.63, 3.8) is 0 Å². The Morgan fingerprint density at radius 3 is 2.38 bits per heavy atom. The molecule has 136 valence electrons. The molecule has 0 spiro atoms. The molecule has 6 nitrogen and oxygen atoms in total. The fraction of sp³-hybridized carbons (Fsp3) is 0.250. The Labute approximate surface area is 151 Å². The summed E-state index contributed by atoms with van der Waals surface area (Å²) in [5, 5.41) is 0. The first-order chi connectivity index (χ1) is 12.5. The Kier molecular flexibility index (Phi) is 5.02. The van der Waals surface area contributed by atoms with E-state index in [1.807, 2.05) is 18.2 Å². The van der Waals surface area contributed by atoms with Crippen LogP contribution in [0.15, 0.2) is 42.2 Å². The van der Waals surface area contributed by atoms with Gasteiger partial charge >= 0.3 is 5.97 Å². The number of hydrogen-bond acceptors (Lipinski definition) is 6. The van der Waals surface area contributed by atoms with Gasteiger partial charge in [-0.15, -0.1) is 0 Å². The number of carbonyl (C=O) groups is 1. The molecule has 0 amide bonds. The molecule has 0 fully saturated rings. The number of benzene rings is 2. The number of fused-ring (bicyclic) bond motifs is 1. The Balaban J connectivity index is 2.05. The normalized spacial score (nSPS) is 15.2. The molecule has 2 aromatic carbocycles. The van der Waals surface area contributed by atoms with Crippen molar-refractivity contribution >= 4 is 12.0 Å². The first kappa shape index (κ1) is 17.7.